The van der Waals surface area contributed by atoms with Gasteiger partial charge in [0.1, 0.15) is 5.78 Å². The molecule has 3 N–H and O–H groups in total. The number of phenolic OH excluding ortho intramolecular Hbond substituents is 2. The van der Waals surface area contributed by atoms with Crippen molar-refractivity contribution in [3.05, 3.63) is 47.5 Å². The zero-order chi connectivity index (χ0) is 25.9. The van der Waals surface area contributed by atoms with Gasteiger partial charge in [-0.25, -0.2) is 0 Å². The van der Waals surface area contributed by atoms with Gasteiger partial charge < -0.3 is 24.8 Å². The molecule has 34 heavy (non-hydrogen) atoms. The number of Topliss-reactive ketones (excluding diaryl/α,β-unsaturated/α-hetero) is 1. The molecule has 0 saturated carbocycles. The molecule has 0 heterocycles. The van der Waals surface area contributed by atoms with Crippen LogP contribution < -0.4 is 9.47 Å². The number of rotatable bonds is 10. The molecule has 0 spiro atoms. The summed E-state index contributed by atoms with van der Waals surface area (Å²) in [5.41, 5.74) is -1.12. The number of aliphatic hydroxyl groups is 1. The number of halogens is 3. The van der Waals surface area contributed by atoms with Gasteiger partial charge in [0, 0.05) is 12.8 Å². The Bertz CT molecular complexity index is 929. The largest absolute Gasteiger partial charge is 0.504 e. The normalized spacial score (nSPS) is 12.8. The van der Waals surface area contributed by atoms with Crippen LogP contribution in [0.3, 0.4) is 0 Å². The Morgan fingerprint density at radius 1 is 0.882 bits per heavy atom. The number of hydrogen-bond donors (Lipinski definition) is 3. The van der Waals surface area contributed by atoms with Gasteiger partial charge in [-0.05, 0) is 61.1 Å². The van der Waals surface area contributed by atoms with Crippen molar-refractivity contribution < 1.29 is 42.8 Å². The number of methoxy groups -OCH3 is 2. The number of ketones is 1. The van der Waals surface area contributed by atoms with Crippen molar-refractivity contribution >= 4 is 5.78 Å². The van der Waals surface area contributed by atoms with Gasteiger partial charge in [-0.1, -0.05) is 26.0 Å². The van der Waals surface area contributed by atoms with Gasteiger partial charge in [0.15, 0.2) is 28.6 Å². The summed E-state index contributed by atoms with van der Waals surface area (Å²) in [6.45, 7) is 3.16. The Kier molecular flexibility index (Phi) is 11.2. The molecule has 2 aromatic rings. The second kappa shape index (κ2) is 13.1. The van der Waals surface area contributed by atoms with E-state index in [0.717, 1.165) is 5.56 Å². The SMILES string of the molecule is CCC(=O)CCc1ccc(O)c(OC)c1.CCC(O)(CCc1ccc(O)c(OC)c1)C(F)(F)F. The molecule has 9 heteroatoms. The van der Waals surface area contributed by atoms with Crippen molar-refractivity contribution in [2.24, 2.45) is 0 Å². The first-order valence-electron chi connectivity index (χ1n) is 10.9. The highest BCUT2D eigenvalue weighted by molar-refractivity contribution is 5.78. The van der Waals surface area contributed by atoms with E-state index in [-0.39, 0.29) is 29.5 Å². The van der Waals surface area contributed by atoms with Crippen molar-refractivity contribution in [1.29, 1.82) is 0 Å². The fourth-order valence-corrected chi connectivity index (χ4v) is 3.09. The zero-order valence-electron chi connectivity index (χ0n) is 19.9. The van der Waals surface area contributed by atoms with Crippen LogP contribution in [0.1, 0.15) is 50.7 Å². The third-order valence-corrected chi connectivity index (χ3v) is 5.51. The number of benzene rings is 2. The van der Waals surface area contributed by atoms with Gasteiger partial charge in [-0.15, -0.1) is 0 Å². The van der Waals surface area contributed by atoms with Crippen molar-refractivity contribution in [2.45, 2.75) is 64.1 Å². The Labute approximate surface area is 198 Å². The Hall–Kier alpha value is -2.94. The lowest BCUT2D eigenvalue weighted by atomic mass is 9.91. The maximum atomic E-state index is 12.7. The standard InChI is InChI=1S/C13H17F3O3.C12H16O3/c1-3-12(18,13(14,15)16)7-6-9-4-5-10(17)11(8-9)19-2;1-3-10(13)6-4-9-5-7-11(14)12(8-9)15-2/h4-5,8,17-18H,3,6-7H2,1-2H3;5,7-8,14H,3-4,6H2,1-2H3. The molecule has 0 aliphatic rings. The quantitative estimate of drug-likeness (QED) is 0.419. The molecule has 1 atom stereocenters. The molecular weight excluding hydrogens is 453 g/mol. The summed E-state index contributed by atoms with van der Waals surface area (Å²) in [5.74, 6) is 0.957. The van der Waals surface area contributed by atoms with Crippen molar-refractivity contribution in [3.63, 3.8) is 0 Å². The molecule has 0 aliphatic carbocycles. The molecule has 2 rings (SSSR count). The van der Waals surface area contributed by atoms with Gasteiger partial charge >= 0.3 is 6.18 Å². The van der Waals surface area contributed by atoms with Gasteiger partial charge in [-0.3, -0.25) is 4.79 Å². The second-order valence-electron chi connectivity index (χ2n) is 7.79. The molecule has 1 unspecified atom stereocenters. The number of phenols is 2. The lowest BCUT2D eigenvalue weighted by molar-refractivity contribution is -0.263. The summed E-state index contributed by atoms with van der Waals surface area (Å²) < 4.78 is 48.0. The smallest absolute Gasteiger partial charge is 0.417 e. The Morgan fingerprint density at radius 2 is 1.35 bits per heavy atom. The number of carbonyl (C=O) groups is 1. The molecule has 0 aliphatic heterocycles. The lowest BCUT2D eigenvalue weighted by Crippen LogP contribution is -2.44. The minimum atomic E-state index is -4.65. The molecule has 0 aromatic heterocycles. The second-order valence-corrected chi connectivity index (χ2v) is 7.79. The molecule has 0 bridgehead atoms. The Balaban J connectivity index is 0.000000350. The average molecular weight is 487 g/mol. The molecule has 6 nitrogen and oxygen atoms in total. The van der Waals surface area contributed by atoms with Crippen molar-refractivity contribution in [3.8, 4) is 23.0 Å². The van der Waals surface area contributed by atoms with Crippen LogP contribution in [0.5, 0.6) is 23.0 Å². The maximum Gasteiger partial charge on any atom is 0.417 e. The highest BCUT2D eigenvalue weighted by atomic mass is 19.4. The van der Waals surface area contributed by atoms with E-state index in [4.69, 9.17) is 9.47 Å². The molecular formula is C25H33F3O6. The first-order valence-corrected chi connectivity index (χ1v) is 10.9. The van der Waals surface area contributed by atoms with Crippen LogP contribution in [0.4, 0.5) is 13.2 Å². The van der Waals surface area contributed by atoms with Crippen LogP contribution in [0.15, 0.2) is 36.4 Å². The number of aryl methyl sites for hydroxylation is 2. The van der Waals surface area contributed by atoms with Crippen molar-refractivity contribution in [1.82, 2.24) is 0 Å². The third kappa shape index (κ3) is 8.44. The highest BCUT2D eigenvalue weighted by Crippen LogP contribution is 2.37. The van der Waals surface area contributed by atoms with E-state index in [1.54, 1.807) is 18.2 Å². The van der Waals surface area contributed by atoms with Gasteiger partial charge in [0.2, 0.25) is 0 Å². The van der Waals surface area contributed by atoms with E-state index in [0.29, 0.717) is 30.6 Å². The molecule has 0 radical (unpaired) electrons. The maximum absolute atomic E-state index is 12.7. The number of hydrogen-bond acceptors (Lipinski definition) is 6. The number of ether oxygens (including phenoxy) is 2. The van der Waals surface area contributed by atoms with Crippen LogP contribution in [0.25, 0.3) is 0 Å². The number of alkyl halides is 3. The van der Waals surface area contributed by atoms with E-state index >= 15 is 0 Å². The first-order chi connectivity index (χ1) is 15.9. The summed E-state index contributed by atoms with van der Waals surface area (Å²) in [6, 6.07) is 9.47. The highest BCUT2D eigenvalue weighted by Gasteiger charge is 2.51. The number of carbonyl (C=O) groups excluding carboxylic acids is 1. The van der Waals surface area contributed by atoms with E-state index < -0.39 is 24.6 Å². The van der Waals surface area contributed by atoms with E-state index in [1.807, 2.05) is 6.92 Å². The van der Waals surface area contributed by atoms with Crippen LogP contribution in [0.2, 0.25) is 0 Å². The molecule has 0 fully saturated rings. The predicted molar refractivity (Wildman–Crippen MR) is 123 cm³/mol. The molecule has 2 aromatic carbocycles. The summed E-state index contributed by atoms with van der Waals surface area (Å²) in [7, 11) is 2.87. The topological polar surface area (TPSA) is 96.2 Å². The van der Waals surface area contributed by atoms with Crippen LogP contribution in [-0.2, 0) is 17.6 Å². The van der Waals surface area contributed by atoms with Crippen LogP contribution in [-0.4, -0.2) is 47.1 Å². The van der Waals surface area contributed by atoms with Crippen molar-refractivity contribution in [2.75, 3.05) is 14.2 Å². The number of aromatic hydroxyl groups is 2. The summed E-state index contributed by atoms with van der Waals surface area (Å²) in [6.07, 6.45) is -3.61. The minimum absolute atomic E-state index is 0.0422. The zero-order valence-corrected chi connectivity index (χ0v) is 19.9. The first kappa shape index (κ1) is 29.1. The van der Waals surface area contributed by atoms with Gasteiger partial charge in [0.05, 0.1) is 14.2 Å². The average Bonchev–Trinajstić information content (AvgIpc) is 2.82. The van der Waals surface area contributed by atoms with Gasteiger partial charge in [-0.2, -0.15) is 13.2 Å². The monoisotopic (exact) mass is 486 g/mol. The van der Waals surface area contributed by atoms with Crippen LogP contribution >= 0.6 is 0 Å². The fraction of sp³-hybridized carbons (Fsp3) is 0.480. The summed E-state index contributed by atoms with van der Waals surface area (Å²) >= 11 is 0. The Morgan fingerprint density at radius 3 is 1.74 bits per heavy atom. The third-order valence-electron chi connectivity index (χ3n) is 5.51. The fourth-order valence-electron chi connectivity index (χ4n) is 3.09. The summed E-state index contributed by atoms with van der Waals surface area (Å²) in [5, 5.41) is 28.3. The van der Waals surface area contributed by atoms with Crippen LogP contribution in [0, 0.1) is 0 Å². The van der Waals surface area contributed by atoms with E-state index in [2.05, 4.69) is 0 Å². The predicted octanol–water partition coefficient (Wildman–Crippen LogP) is 5.35. The van der Waals surface area contributed by atoms with E-state index in [9.17, 15) is 33.3 Å². The van der Waals surface area contributed by atoms with Gasteiger partial charge in [0.25, 0.3) is 0 Å². The lowest BCUT2D eigenvalue weighted by Gasteiger charge is -2.29. The molecule has 0 amide bonds. The summed E-state index contributed by atoms with van der Waals surface area (Å²) in [4.78, 5) is 11.1. The minimum Gasteiger partial charge on any atom is -0.504 e. The molecule has 190 valence electrons. The van der Waals surface area contributed by atoms with E-state index in [1.165, 1.54) is 39.3 Å². The molecule has 0 saturated heterocycles.